The monoisotopic (exact) mass is 423 g/mol. The van der Waals surface area contributed by atoms with Gasteiger partial charge in [-0.15, -0.1) is 6.58 Å². The lowest BCUT2D eigenvalue weighted by Crippen LogP contribution is -2.70. The van der Waals surface area contributed by atoms with E-state index in [1.54, 1.807) is 42.5 Å². The van der Waals surface area contributed by atoms with Crippen LogP contribution in [0.5, 0.6) is 0 Å². The predicted octanol–water partition coefficient (Wildman–Crippen LogP) is 3.68. The number of para-hydroxylation sites is 1. The fourth-order valence-electron chi connectivity index (χ4n) is 4.34. The molecule has 3 amide bonds. The van der Waals surface area contributed by atoms with Gasteiger partial charge in [-0.3, -0.25) is 19.3 Å². The molecular formula is C23H22ClN3O3. The zero-order chi connectivity index (χ0) is 21.5. The molecule has 2 unspecified atom stereocenters. The van der Waals surface area contributed by atoms with Gasteiger partial charge in [0.15, 0.2) is 0 Å². The highest BCUT2D eigenvalue weighted by molar-refractivity contribution is 6.30. The average molecular weight is 424 g/mol. The molecule has 2 aromatic carbocycles. The molecule has 0 aromatic heterocycles. The van der Waals surface area contributed by atoms with Gasteiger partial charge in [0.25, 0.3) is 11.8 Å². The van der Waals surface area contributed by atoms with Crippen LogP contribution in [0.3, 0.4) is 0 Å². The maximum atomic E-state index is 13.7. The minimum Gasteiger partial charge on any atom is -0.346 e. The number of hydrogen-bond acceptors (Lipinski definition) is 3. The number of fused-ring (bicyclic) bond motifs is 3. The highest BCUT2D eigenvalue weighted by Gasteiger charge is 2.60. The Balaban J connectivity index is 1.78. The van der Waals surface area contributed by atoms with Gasteiger partial charge < -0.3 is 10.2 Å². The van der Waals surface area contributed by atoms with Crippen molar-refractivity contribution >= 4 is 35.0 Å². The number of carbonyl (C=O) groups is 3. The third-order valence-electron chi connectivity index (χ3n) is 5.75. The molecule has 1 saturated heterocycles. The number of hydrogen-bond donors (Lipinski definition) is 1. The number of rotatable bonds is 5. The quantitative estimate of drug-likeness (QED) is 0.746. The lowest BCUT2D eigenvalue weighted by Gasteiger charge is -2.49. The molecule has 2 aromatic rings. The summed E-state index contributed by atoms with van der Waals surface area (Å²) in [7, 11) is 0. The molecule has 2 aliphatic heterocycles. The normalized spacial score (nSPS) is 21.1. The third-order valence-corrected chi connectivity index (χ3v) is 5.98. The van der Waals surface area contributed by atoms with Gasteiger partial charge in [0, 0.05) is 24.4 Å². The molecule has 0 saturated carbocycles. The smallest absolute Gasteiger partial charge is 0.267 e. The molecule has 0 spiro atoms. The van der Waals surface area contributed by atoms with Gasteiger partial charge in [0.05, 0.1) is 17.3 Å². The summed E-state index contributed by atoms with van der Waals surface area (Å²) in [4.78, 5) is 42.8. The Bertz CT molecular complexity index is 1050. The summed E-state index contributed by atoms with van der Waals surface area (Å²) >= 11 is 6.09. The van der Waals surface area contributed by atoms with Gasteiger partial charge in [-0.05, 0) is 36.8 Å². The van der Waals surface area contributed by atoms with E-state index in [0.717, 1.165) is 5.56 Å². The van der Waals surface area contributed by atoms with Crippen LogP contribution in [-0.4, -0.2) is 34.8 Å². The first-order chi connectivity index (χ1) is 14.4. The highest BCUT2D eigenvalue weighted by Crippen LogP contribution is 2.44. The van der Waals surface area contributed by atoms with E-state index >= 15 is 0 Å². The Morgan fingerprint density at radius 1 is 1.27 bits per heavy atom. The summed E-state index contributed by atoms with van der Waals surface area (Å²) in [5.41, 5.74) is 0.279. The molecule has 0 radical (unpaired) electrons. The fraction of sp³-hybridized carbons (Fsp3) is 0.261. The lowest BCUT2D eigenvalue weighted by atomic mass is 9.95. The first-order valence-corrected chi connectivity index (χ1v) is 10.2. The summed E-state index contributed by atoms with van der Waals surface area (Å²) in [6.07, 6.45) is 1.96. The minimum atomic E-state index is -1.43. The van der Waals surface area contributed by atoms with Crippen LogP contribution >= 0.6 is 11.6 Å². The number of amides is 3. The second kappa shape index (κ2) is 7.61. The van der Waals surface area contributed by atoms with Crippen molar-refractivity contribution in [3.8, 4) is 0 Å². The van der Waals surface area contributed by atoms with Crippen molar-refractivity contribution in [2.24, 2.45) is 0 Å². The number of nitrogens with one attached hydrogen (secondary N) is 1. The van der Waals surface area contributed by atoms with Crippen molar-refractivity contribution < 1.29 is 14.4 Å². The summed E-state index contributed by atoms with van der Waals surface area (Å²) in [5.74, 6) is -0.873. The Kier molecular flexibility index (Phi) is 5.12. The van der Waals surface area contributed by atoms with Crippen molar-refractivity contribution in [3.05, 3.63) is 77.3 Å². The molecule has 1 fully saturated rings. The summed E-state index contributed by atoms with van der Waals surface area (Å²) in [6, 6.07) is 13.8. The highest BCUT2D eigenvalue weighted by atomic mass is 35.5. The van der Waals surface area contributed by atoms with Crippen LogP contribution in [0.15, 0.2) is 61.2 Å². The van der Waals surface area contributed by atoms with E-state index in [4.69, 9.17) is 11.6 Å². The number of halogens is 1. The van der Waals surface area contributed by atoms with Crippen molar-refractivity contribution in [2.75, 3.05) is 11.4 Å². The summed E-state index contributed by atoms with van der Waals surface area (Å²) in [5, 5.41) is 3.56. The topological polar surface area (TPSA) is 69.7 Å². The maximum Gasteiger partial charge on any atom is 0.267 e. The number of carbonyl (C=O) groups excluding carboxylic acids is 3. The molecule has 0 bridgehead atoms. The van der Waals surface area contributed by atoms with Crippen molar-refractivity contribution in [1.29, 1.82) is 0 Å². The van der Waals surface area contributed by atoms with Gasteiger partial charge in [0.2, 0.25) is 11.6 Å². The minimum absolute atomic E-state index is 0.149. The van der Waals surface area contributed by atoms with E-state index in [0.29, 0.717) is 16.3 Å². The van der Waals surface area contributed by atoms with E-state index in [1.807, 2.05) is 19.1 Å². The standard InChI is InChI=1S/C23H22ClN3O3/c1-3-13-26-21(29)18-9-4-5-10-19(18)27-20(28)11-12-23(26,27)22(30)25-15(2)16-7-6-8-17(24)14-16/h3-10,14-15H,1,11-13H2,2H3,(H,25,30). The number of benzene rings is 2. The Hall–Kier alpha value is -3.12. The van der Waals surface area contributed by atoms with Crippen LogP contribution < -0.4 is 10.2 Å². The van der Waals surface area contributed by atoms with E-state index in [-0.39, 0.29) is 37.2 Å². The molecule has 6 nitrogen and oxygen atoms in total. The SMILES string of the molecule is C=CCN1C(=O)c2ccccc2N2C(=O)CCC12C(=O)NC(C)c1cccc(Cl)c1. The molecule has 154 valence electrons. The van der Waals surface area contributed by atoms with E-state index in [1.165, 1.54) is 9.80 Å². The molecule has 2 heterocycles. The molecule has 1 N–H and O–H groups in total. The van der Waals surface area contributed by atoms with Gasteiger partial charge in [-0.1, -0.05) is 41.9 Å². The zero-order valence-electron chi connectivity index (χ0n) is 16.6. The first-order valence-electron chi connectivity index (χ1n) is 9.81. The van der Waals surface area contributed by atoms with Crippen molar-refractivity contribution in [1.82, 2.24) is 10.2 Å². The second-order valence-corrected chi connectivity index (χ2v) is 7.95. The third kappa shape index (κ3) is 2.99. The fourth-order valence-corrected chi connectivity index (χ4v) is 4.53. The van der Waals surface area contributed by atoms with Gasteiger partial charge in [-0.2, -0.15) is 0 Å². The predicted molar refractivity (Wildman–Crippen MR) is 115 cm³/mol. The maximum absolute atomic E-state index is 13.7. The van der Waals surface area contributed by atoms with E-state index in [2.05, 4.69) is 11.9 Å². The van der Waals surface area contributed by atoms with Crippen LogP contribution in [0, 0.1) is 0 Å². The average Bonchev–Trinajstić information content (AvgIpc) is 3.09. The molecule has 7 heteroatoms. The van der Waals surface area contributed by atoms with Crippen molar-refractivity contribution in [3.63, 3.8) is 0 Å². The van der Waals surface area contributed by atoms with E-state index in [9.17, 15) is 14.4 Å². The molecule has 0 aliphatic carbocycles. The Morgan fingerprint density at radius 3 is 2.77 bits per heavy atom. The van der Waals surface area contributed by atoms with Gasteiger partial charge >= 0.3 is 0 Å². The van der Waals surface area contributed by atoms with E-state index < -0.39 is 11.6 Å². The number of nitrogens with zero attached hydrogens (tertiary/aromatic N) is 2. The molecule has 4 rings (SSSR count). The zero-order valence-corrected chi connectivity index (χ0v) is 17.4. The Morgan fingerprint density at radius 2 is 2.03 bits per heavy atom. The Labute approximate surface area is 180 Å². The summed E-state index contributed by atoms with van der Waals surface area (Å²) in [6.45, 7) is 5.74. The summed E-state index contributed by atoms with van der Waals surface area (Å²) < 4.78 is 0. The van der Waals surface area contributed by atoms with Crippen LogP contribution in [0.1, 0.15) is 41.7 Å². The second-order valence-electron chi connectivity index (χ2n) is 7.52. The van der Waals surface area contributed by atoms with Crippen LogP contribution in [0.2, 0.25) is 5.02 Å². The largest absolute Gasteiger partial charge is 0.346 e. The van der Waals surface area contributed by atoms with Crippen LogP contribution in [-0.2, 0) is 9.59 Å². The van der Waals surface area contributed by atoms with Crippen LogP contribution in [0.25, 0.3) is 0 Å². The van der Waals surface area contributed by atoms with Gasteiger partial charge in [-0.25, -0.2) is 0 Å². The van der Waals surface area contributed by atoms with Crippen LogP contribution in [0.4, 0.5) is 5.69 Å². The molecule has 30 heavy (non-hydrogen) atoms. The molecule has 2 atom stereocenters. The lowest BCUT2D eigenvalue weighted by molar-refractivity contribution is -0.134. The van der Waals surface area contributed by atoms with Crippen molar-refractivity contribution in [2.45, 2.75) is 31.5 Å². The van der Waals surface area contributed by atoms with Gasteiger partial charge in [0.1, 0.15) is 0 Å². The number of anilines is 1. The first kappa shape index (κ1) is 20.2. The molecular weight excluding hydrogens is 402 g/mol. The molecule has 2 aliphatic rings.